The average Bonchev–Trinajstić information content (AvgIpc) is 2.70. The smallest absolute Gasteiger partial charge is 0.307 e. The third kappa shape index (κ3) is 2.23. The van der Waals surface area contributed by atoms with Crippen LogP contribution in [0.3, 0.4) is 0 Å². The van der Waals surface area contributed by atoms with Gasteiger partial charge in [-0.1, -0.05) is 6.92 Å². The van der Waals surface area contributed by atoms with Crippen molar-refractivity contribution in [3.8, 4) is 0 Å². The second-order valence-electron chi connectivity index (χ2n) is 5.28. The Morgan fingerprint density at radius 1 is 1.44 bits per heavy atom. The third-order valence-electron chi connectivity index (χ3n) is 4.32. The average molecular weight is 226 g/mol. The van der Waals surface area contributed by atoms with Gasteiger partial charge in [0.25, 0.3) is 0 Å². The highest BCUT2D eigenvalue weighted by atomic mass is 16.4. The lowest BCUT2D eigenvalue weighted by molar-refractivity contribution is -0.143. The van der Waals surface area contributed by atoms with Gasteiger partial charge in [0.2, 0.25) is 0 Å². The standard InChI is InChI=1S/C12H22N2O2/c1-8(12(15)16)9(2)14-6-10-4-3-5-13-11(10)7-14/h8-11,13H,3-7H2,1-2H3,(H,15,16)/t8?,9?,10-,11+/m0/s1. The predicted molar refractivity (Wildman–Crippen MR) is 62.3 cm³/mol. The van der Waals surface area contributed by atoms with Crippen LogP contribution in [0.15, 0.2) is 0 Å². The molecule has 2 N–H and O–H groups in total. The molecule has 0 aromatic heterocycles. The highest BCUT2D eigenvalue weighted by Crippen LogP contribution is 2.27. The fourth-order valence-corrected chi connectivity index (χ4v) is 2.94. The van der Waals surface area contributed by atoms with Crippen molar-refractivity contribution in [1.29, 1.82) is 0 Å². The Kier molecular flexibility index (Phi) is 3.50. The highest BCUT2D eigenvalue weighted by Gasteiger charge is 2.38. The van der Waals surface area contributed by atoms with Crippen molar-refractivity contribution in [3.63, 3.8) is 0 Å². The zero-order chi connectivity index (χ0) is 11.7. The fraction of sp³-hybridized carbons (Fsp3) is 0.917. The number of likely N-dealkylation sites (tertiary alicyclic amines) is 1. The monoisotopic (exact) mass is 226 g/mol. The first kappa shape index (κ1) is 11.9. The highest BCUT2D eigenvalue weighted by molar-refractivity contribution is 5.70. The van der Waals surface area contributed by atoms with Crippen LogP contribution in [-0.4, -0.2) is 47.7 Å². The Morgan fingerprint density at radius 3 is 2.81 bits per heavy atom. The maximum Gasteiger partial charge on any atom is 0.307 e. The zero-order valence-corrected chi connectivity index (χ0v) is 10.1. The van der Waals surface area contributed by atoms with Crippen molar-refractivity contribution >= 4 is 5.97 Å². The molecule has 2 fully saturated rings. The van der Waals surface area contributed by atoms with Crippen LogP contribution in [-0.2, 0) is 4.79 Å². The summed E-state index contributed by atoms with van der Waals surface area (Å²) in [6.07, 6.45) is 2.56. The molecule has 2 aliphatic rings. The van der Waals surface area contributed by atoms with E-state index >= 15 is 0 Å². The van der Waals surface area contributed by atoms with Gasteiger partial charge in [0.15, 0.2) is 0 Å². The number of aliphatic carboxylic acids is 1. The molecule has 0 aliphatic carbocycles. The SMILES string of the molecule is CC(C(=O)O)C(C)N1C[C@@H]2CCCN[C@@H]2C1. The van der Waals surface area contributed by atoms with E-state index in [0.29, 0.717) is 6.04 Å². The Morgan fingerprint density at radius 2 is 2.19 bits per heavy atom. The van der Waals surface area contributed by atoms with Crippen LogP contribution >= 0.6 is 0 Å². The second kappa shape index (κ2) is 4.72. The molecule has 0 amide bonds. The molecule has 0 radical (unpaired) electrons. The Balaban J connectivity index is 1.94. The van der Waals surface area contributed by atoms with Gasteiger partial charge < -0.3 is 10.4 Å². The van der Waals surface area contributed by atoms with Crippen LogP contribution in [0.2, 0.25) is 0 Å². The molecule has 0 aromatic rings. The first-order chi connectivity index (χ1) is 7.59. The molecule has 4 atom stereocenters. The van der Waals surface area contributed by atoms with Crippen LogP contribution in [0.5, 0.6) is 0 Å². The summed E-state index contributed by atoms with van der Waals surface area (Å²) in [6, 6.07) is 0.738. The van der Waals surface area contributed by atoms with E-state index in [9.17, 15) is 4.79 Å². The van der Waals surface area contributed by atoms with Crippen molar-refractivity contribution < 1.29 is 9.90 Å². The van der Waals surface area contributed by atoms with Gasteiger partial charge >= 0.3 is 5.97 Å². The fourth-order valence-electron chi connectivity index (χ4n) is 2.94. The minimum Gasteiger partial charge on any atom is -0.481 e. The van der Waals surface area contributed by atoms with Crippen molar-refractivity contribution in [2.45, 2.75) is 38.8 Å². The van der Waals surface area contributed by atoms with Gasteiger partial charge in [0.1, 0.15) is 0 Å². The lowest BCUT2D eigenvalue weighted by atomic mass is 9.94. The van der Waals surface area contributed by atoms with Crippen molar-refractivity contribution in [1.82, 2.24) is 10.2 Å². The number of nitrogens with zero attached hydrogens (tertiary/aromatic N) is 1. The van der Waals surface area contributed by atoms with Gasteiger partial charge in [-0.05, 0) is 32.2 Å². The van der Waals surface area contributed by atoms with Gasteiger partial charge in [-0.15, -0.1) is 0 Å². The number of nitrogens with one attached hydrogen (secondary N) is 1. The van der Waals surface area contributed by atoms with Crippen LogP contribution in [0.1, 0.15) is 26.7 Å². The van der Waals surface area contributed by atoms with E-state index in [1.165, 1.54) is 12.8 Å². The Labute approximate surface area is 97.0 Å². The molecule has 4 heteroatoms. The first-order valence-electron chi connectivity index (χ1n) is 6.30. The molecule has 0 bridgehead atoms. The van der Waals surface area contributed by atoms with Gasteiger partial charge in [0, 0.05) is 25.2 Å². The van der Waals surface area contributed by atoms with Gasteiger partial charge in [-0.3, -0.25) is 9.69 Å². The number of carbonyl (C=O) groups is 1. The lowest BCUT2D eigenvalue weighted by Gasteiger charge is -2.27. The Hall–Kier alpha value is -0.610. The number of piperidine rings is 1. The maximum absolute atomic E-state index is 11.0. The van der Waals surface area contributed by atoms with Gasteiger partial charge in [0.05, 0.1) is 5.92 Å². The number of rotatable bonds is 3. The summed E-state index contributed by atoms with van der Waals surface area (Å²) >= 11 is 0. The molecule has 4 nitrogen and oxygen atoms in total. The zero-order valence-electron chi connectivity index (χ0n) is 10.1. The summed E-state index contributed by atoms with van der Waals surface area (Å²) in [5, 5.41) is 12.6. The summed E-state index contributed by atoms with van der Waals surface area (Å²) in [5.41, 5.74) is 0. The number of carboxylic acids is 1. The summed E-state index contributed by atoms with van der Waals surface area (Å²) < 4.78 is 0. The molecule has 0 spiro atoms. The minimum atomic E-state index is -0.685. The van der Waals surface area contributed by atoms with E-state index in [0.717, 1.165) is 25.6 Å². The minimum absolute atomic E-state index is 0.143. The summed E-state index contributed by atoms with van der Waals surface area (Å²) in [4.78, 5) is 13.3. The molecule has 16 heavy (non-hydrogen) atoms. The molecule has 2 heterocycles. The Bertz CT molecular complexity index is 256. The maximum atomic E-state index is 11.0. The van der Waals surface area contributed by atoms with Crippen LogP contribution in [0.4, 0.5) is 0 Å². The van der Waals surface area contributed by atoms with Crippen molar-refractivity contribution in [3.05, 3.63) is 0 Å². The molecular formula is C12H22N2O2. The quantitative estimate of drug-likeness (QED) is 0.746. The van der Waals surface area contributed by atoms with E-state index < -0.39 is 5.97 Å². The van der Waals surface area contributed by atoms with E-state index in [2.05, 4.69) is 10.2 Å². The first-order valence-corrected chi connectivity index (χ1v) is 6.30. The number of carboxylic acid groups (broad SMARTS) is 1. The van der Waals surface area contributed by atoms with E-state index in [-0.39, 0.29) is 12.0 Å². The molecular weight excluding hydrogens is 204 g/mol. The third-order valence-corrected chi connectivity index (χ3v) is 4.32. The van der Waals surface area contributed by atoms with Gasteiger partial charge in [-0.25, -0.2) is 0 Å². The van der Waals surface area contributed by atoms with Crippen LogP contribution in [0.25, 0.3) is 0 Å². The van der Waals surface area contributed by atoms with Gasteiger partial charge in [-0.2, -0.15) is 0 Å². The lowest BCUT2D eigenvalue weighted by Crippen LogP contribution is -2.42. The molecule has 0 aromatic carbocycles. The largest absolute Gasteiger partial charge is 0.481 e. The topological polar surface area (TPSA) is 52.6 Å². The molecule has 2 unspecified atom stereocenters. The molecule has 2 saturated heterocycles. The summed E-state index contributed by atoms with van der Waals surface area (Å²) in [7, 11) is 0. The summed E-state index contributed by atoms with van der Waals surface area (Å²) in [6.45, 7) is 7.05. The second-order valence-corrected chi connectivity index (χ2v) is 5.28. The predicted octanol–water partition coefficient (Wildman–Crippen LogP) is 0.779. The van der Waals surface area contributed by atoms with E-state index in [1.54, 1.807) is 0 Å². The molecule has 0 saturated carbocycles. The van der Waals surface area contributed by atoms with Crippen LogP contribution < -0.4 is 5.32 Å². The molecule has 2 aliphatic heterocycles. The van der Waals surface area contributed by atoms with E-state index in [4.69, 9.17) is 5.11 Å². The number of fused-ring (bicyclic) bond motifs is 1. The summed E-state index contributed by atoms with van der Waals surface area (Å²) in [5.74, 6) is -0.229. The molecule has 2 rings (SSSR count). The number of hydrogen-bond acceptors (Lipinski definition) is 3. The van der Waals surface area contributed by atoms with Crippen molar-refractivity contribution in [2.24, 2.45) is 11.8 Å². The van der Waals surface area contributed by atoms with Crippen molar-refractivity contribution in [2.75, 3.05) is 19.6 Å². The number of hydrogen-bond donors (Lipinski definition) is 2. The molecule has 92 valence electrons. The van der Waals surface area contributed by atoms with Crippen LogP contribution in [0, 0.1) is 11.8 Å². The normalized spacial score (nSPS) is 34.4. The van der Waals surface area contributed by atoms with E-state index in [1.807, 2.05) is 13.8 Å².